The van der Waals surface area contributed by atoms with Crippen LogP contribution in [0.1, 0.15) is 26.3 Å². The van der Waals surface area contributed by atoms with Crippen LogP contribution >= 0.6 is 0 Å². The molecule has 0 unspecified atom stereocenters. The maximum Gasteiger partial charge on any atom is 0.339 e. The number of hydrogen-bond acceptors (Lipinski definition) is 5. The Morgan fingerprint density at radius 2 is 1.60 bits per heavy atom. The summed E-state index contributed by atoms with van der Waals surface area (Å²) in [6.45, 7) is 1.85. The van der Waals surface area contributed by atoms with Gasteiger partial charge in [-0.15, -0.1) is 0 Å². The van der Waals surface area contributed by atoms with Gasteiger partial charge in [0.05, 0.1) is 4.90 Å². The van der Waals surface area contributed by atoms with Crippen molar-refractivity contribution in [2.75, 3.05) is 10.0 Å². The highest BCUT2D eigenvalue weighted by molar-refractivity contribution is 7.92. The molecule has 0 aliphatic heterocycles. The Morgan fingerprint density at radius 3 is 2.27 bits per heavy atom. The van der Waals surface area contributed by atoms with Gasteiger partial charge in [-0.25, -0.2) is 13.2 Å². The summed E-state index contributed by atoms with van der Waals surface area (Å²) in [7, 11) is -3.83. The molecule has 0 radical (unpaired) electrons. The lowest BCUT2D eigenvalue weighted by molar-refractivity contribution is 0.0693. The lowest BCUT2D eigenvalue weighted by Crippen LogP contribution is -2.15. The van der Waals surface area contributed by atoms with Crippen molar-refractivity contribution in [3.8, 4) is 5.75 Å². The number of nitrogens with one attached hydrogen (secondary N) is 2. The average Bonchev–Trinajstić information content (AvgIpc) is 2.69. The average molecular weight is 426 g/mol. The molecule has 4 N–H and O–H groups in total. The number of aromatic carboxylic acids is 1. The molecule has 0 heterocycles. The number of phenols is 1. The number of anilines is 2. The van der Waals surface area contributed by atoms with Gasteiger partial charge in [0.1, 0.15) is 11.3 Å². The highest BCUT2D eigenvalue weighted by Gasteiger charge is 2.16. The molecule has 0 aromatic heterocycles. The van der Waals surface area contributed by atoms with Crippen LogP contribution in [-0.2, 0) is 10.0 Å². The first kappa shape index (κ1) is 20.9. The zero-order valence-electron chi connectivity index (χ0n) is 15.8. The normalized spacial score (nSPS) is 11.0. The minimum Gasteiger partial charge on any atom is -0.507 e. The molecule has 3 aromatic rings. The predicted molar refractivity (Wildman–Crippen MR) is 111 cm³/mol. The molecule has 3 aromatic carbocycles. The van der Waals surface area contributed by atoms with E-state index >= 15 is 0 Å². The van der Waals surface area contributed by atoms with Gasteiger partial charge < -0.3 is 15.5 Å². The van der Waals surface area contributed by atoms with E-state index in [1.54, 1.807) is 12.1 Å². The lowest BCUT2D eigenvalue weighted by Gasteiger charge is -2.11. The largest absolute Gasteiger partial charge is 0.507 e. The van der Waals surface area contributed by atoms with Crippen LogP contribution in [0, 0.1) is 6.92 Å². The summed E-state index contributed by atoms with van der Waals surface area (Å²) in [6.07, 6.45) is 0. The summed E-state index contributed by atoms with van der Waals surface area (Å²) >= 11 is 0. The third-order valence-electron chi connectivity index (χ3n) is 4.19. The van der Waals surface area contributed by atoms with E-state index in [0.717, 1.165) is 17.7 Å². The molecule has 0 aliphatic rings. The standard InChI is InChI=1S/C21H18N2O6S/c1-13-5-8-17(9-6-13)30(28,29)23-16-4-2-3-14(11-16)20(25)22-15-7-10-19(24)18(12-15)21(26)27/h2-12,23-24H,1H3,(H,22,25)(H,26,27). The van der Waals surface area contributed by atoms with E-state index in [1.807, 2.05) is 6.92 Å². The van der Waals surface area contributed by atoms with E-state index in [9.17, 15) is 23.1 Å². The van der Waals surface area contributed by atoms with Crippen LogP contribution in [0.15, 0.2) is 71.6 Å². The van der Waals surface area contributed by atoms with E-state index in [1.165, 1.54) is 42.5 Å². The van der Waals surface area contributed by atoms with Crippen LogP contribution in [0.5, 0.6) is 5.75 Å². The Hall–Kier alpha value is -3.85. The number of sulfonamides is 1. The van der Waals surface area contributed by atoms with Crippen molar-refractivity contribution in [3.63, 3.8) is 0 Å². The van der Waals surface area contributed by atoms with Gasteiger partial charge in [-0.1, -0.05) is 23.8 Å². The predicted octanol–water partition coefficient (Wildman–Crippen LogP) is 3.45. The van der Waals surface area contributed by atoms with Crippen LogP contribution in [0.3, 0.4) is 0 Å². The number of aromatic hydroxyl groups is 1. The number of benzene rings is 3. The van der Waals surface area contributed by atoms with E-state index in [0.29, 0.717) is 0 Å². The molecule has 0 aliphatic carbocycles. The molecule has 30 heavy (non-hydrogen) atoms. The lowest BCUT2D eigenvalue weighted by atomic mass is 10.1. The SMILES string of the molecule is Cc1ccc(S(=O)(=O)Nc2cccc(C(=O)Nc3ccc(O)c(C(=O)O)c3)c2)cc1. The zero-order valence-corrected chi connectivity index (χ0v) is 16.6. The minimum atomic E-state index is -3.83. The Balaban J connectivity index is 1.80. The van der Waals surface area contributed by atoms with E-state index in [2.05, 4.69) is 10.0 Å². The zero-order chi connectivity index (χ0) is 21.9. The van der Waals surface area contributed by atoms with Gasteiger partial charge in [0.15, 0.2) is 0 Å². The fourth-order valence-corrected chi connectivity index (χ4v) is 3.69. The molecule has 0 fully saturated rings. The summed E-state index contributed by atoms with van der Waals surface area (Å²) < 4.78 is 27.5. The second-order valence-corrected chi connectivity index (χ2v) is 8.17. The Kier molecular flexibility index (Phi) is 5.74. The first-order valence-electron chi connectivity index (χ1n) is 8.73. The van der Waals surface area contributed by atoms with Crippen molar-refractivity contribution in [1.82, 2.24) is 0 Å². The van der Waals surface area contributed by atoms with E-state index in [-0.39, 0.29) is 27.4 Å². The highest BCUT2D eigenvalue weighted by atomic mass is 32.2. The minimum absolute atomic E-state index is 0.0910. The first-order valence-corrected chi connectivity index (χ1v) is 10.2. The summed E-state index contributed by atoms with van der Waals surface area (Å²) in [5.74, 6) is -2.34. The second kappa shape index (κ2) is 8.26. The molecule has 0 atom stereocenters. The van der Waals surface area contributed by atoms with Gasteiger partial charge in [0.2, 0.25) is 0 Å². The first-order chi connectivity index (χ1) is 14.2. The van der Waals surface area contributed by atoms with Gasteiger partial charge >= 0.3 is 5.97 Å². The van der Waals surface area contributed by atoms with Crippen LogP contribution in [0.2, 0.25) is 0 Å². The Labute approximate surface area is 172 Å². The Bertz CT molecular complexity index is 1220. The number of carbonyl (C=O) groups is 2. The fraction of sp³-hybridized carbons (Fsp3) is 0.0476. The number of hydrogen-bond donors (Lipinski definition) is 4. The molecule has 0 bridgehead atoms. The number of carbonyl (C=O) groups excluding carboxylic acids is 1. The number of carboxylic acids is 1. The third kappa shape index (κ3) is 4.76. The maximum absolute atomic E-state index is 12.5. The van der Waals surface area contributed by atoms with Gasteiger partial charge in [-0.3, -0.25) is 9.52 Å². The monoisotopic (exact) mass is 426 g/mol. The summed E-state index contributed by atoms with van der Waals surface area (Å²) in [5, 5.41) is 21.1. The van der Waals surface area contributed by atoms with Crippen molar-refractivity contribution in [2.24, 2.45) is 0 Å². The molecule has 154 valence electrons. The van der Waals surface area contributed by atoms with Gasteiger partial charge in [-0.2, -0.15) is 0 Å². The fourth-order valence-electron chi connectivity index (χ4n) is 2.64. The number of rotatable bonds is 6. The van der Waals surface area contributed by atoms with Crippen molar-refractivity contribution in [3.05, 3.63) is 83.4 Å². The molecular weight excluding hydrogens is 408 g/mol. The molecule has 0 spiro atoms. The quantitative estimate of drug-likeness (QED) is 0.446. The molecular formula is C21H18N2O6S. The molecule has 9 heteroatoms. The van der Waals surface area contributed by atoms with Gasteiger partial charge in [0.25, 0.3) is 15.9 Å². The smallest absolute Gasteiger partial charge is 0.339 e. The van der Waals surface area contributed by atoms with Crippen LogP contribution < -0.4 is 10.0 Å². The number of carboxylic acid groups (broad SMARTS) is 1. The van der Waals surface area contributed by atoms with Gasteiger partial charge in [0, 0.05) is 16.9 Å². The van der Waals surface area contributed by atoms with Crippen molar-refractivity contribution in [2.45, 2.75) is 11.8 Å². The summed E-state index contributed by atoms with van der Waals surface area (Å²) in [5.41, 5.74) is 1.09. The molecule has 0 saturated carbocycles. The highest BCUT2D eigenvalue weighted by Crippen LogP contribution is 2.23. The molecule has 8 nitrogen and oxygen atoms in total. The molecule has 1 amide bonds. The van der Waals surface area contributed by atoms with Gasteiger partial charge in [-0.05, 0) is 55.5 Å². The van der Waals surface area contributed by atoms with Crippen LogP contribution in [0.4, 0.5) is 11.4 Å². The van der Waals surface area contributed by atoms with E-state index < -0.39 is 27.6 Å². The molecule has 3 rings (SSSR count). The van der Waals surface area contributed by atoms with Crippen molar-refractivity contribution < 1.29 is 28.2 Å². The van der Waals surface area contributed by atoms with Crippen LogP contribution in [-0.4, -0.2) is 30.5 Å². The Morgan fingerprint density at radius 1 is 0.900 bits per heavy atom. The van der Waals surface area contributed by atoms with Crippen LogP contribution in [0.25, 0.3) is 0 Å². The molecule has 0 saturated heterocycles. The third-order valence-corrected chi connectivity index (χ3v) is 5.59. The topological polar surface area (TPSA) is 133 Å². The van der Waals surface area contributed by atoms with Crippen molar-refractivity contribution >= 4 is 33.3 Å². The summed E-state index contributed by atoms with van der Waals surface area (Å²) in [4.78, 5) is 23.7. The second-order valence-electron chi connectivity index (χ2n) is 6.49. The summed E-state index contributed by atoms with van der Waals surface area (Å²) in [6, 6.07) is 15.8. The van der Waals surface area contributed by atoms with Crippen molar-refractivity contribution in [1.29, 1.82) is 0 Å². The maximum atomic E-state index is 12.5. The number of aryl methyl sites for hydroxylation is 1. The number of amides is 1. The van der Waals surface area contributed by atoms with E-state index in [4.69, 9.17) is 5.11 Å².